The summed E-state index contributed by atoms with van der Waals surface area (Å²) in [5.41, 5.74) is -6.82. The molecule has 6 heteroatoms. The molecule has 0 unspecified atom stereocenters. The van der Waals surface area contributed by atoms with Crippen molar-refractivity contribution < 1.29 is 60.1 Å². The van der Waals surface area contributed by atoms with Crippen molar-refractivity contribution in [2.75, 3.05) is 9.80 Å². The maximum atomic E-state index is 10.8. The van der Waals surface area contributed by atoms with E-state index in [2.05, 4.69) is 32.9 Å². The molecule has 0 bridgehead atoms. The average molecular weight is 1180 g/mol. The van der Waals surface area contributed by atoms with Crippen LogP contribution >= 0.6 is 0 Å². The number of pyridine rings is 1. The largest absolute Gasteiger partial charge is 0.509 e. The quantitative estimate of drug-likeness (QED) is 0.128. The number of fused-ring (bicyclic) bond motifs is 4. The zero-order chi connectivity index (χ0) is 72.2. The van der Waals surface area contributed by atoms with Gasteiger partial charge in [0.15, 0.2) is 0 Å². The first-order chi connectivity index (χ1) is 47.2. The van der Waals surface area contributed by atoms with Gasteiger partial charge >= 0.3 is 0 Å². The minimum absolute atomic E-state index is 0. The molecule has 0 saturated carbocycles. The summed E-state index contributed by atoms with van der Waals surface area (Å²) in [4.78, 5) is 7.62. The molecule has 1 aliphatic heterocycles. The molecular formula is C70H51N4OPt-3. The fraction of sp³-hybridized carbons (Fsp3) is 0.0571. The third kappa shape index (κ3) is 8.87. The summed E-state index contributed by atoms with van der Waals surface area (Å²) in [6.45, 7) is 7.69. The van der Waals surface area contributed by atoms with E-state index in [0.717, 1.165) is 21.9 Å². The molecule has 0 atom stereocenters. The SMILES string of the molecule is [2H]c1c([2H])c([2H])c(-c2c([2H])c([2H])c([2H])c(-c3c([2H])c([2H])c([2H])c([2H])c3[2H])c2-c2c([2H])c(-c3c([2H])c([2H])c([2H])c([2H])c3[2H])c(N3[CH-]N(c4[c-]c(Oc5[c-]c6c(cc5)c5ccccc5n6-c5cc(C(C)(C)C)ccn5)ccc4)c4ccccc43)c(-c3c([2H])c([2H])c([2H])c([2H])c3[2H])c2[2H])c([2H])c1[2H].[Pt]. The fourth-order valence-electron chi connectivity index (χ4n) is 9.20. The number of benzene rings is 10. The summed E-state index contributed by atoms with van der Waals surface area (Å²) < 4.78 is 241. The van der Waals surface area contributed by atoms with Crippen LogP contribution in [0.2, 0.25) is 0 Å². The molecule has 13 rings (SSSR count). The van der Waals surface area contributed by atoms with E-state index < -0.39 is 212 Å². The Balaban J connectivity index is 0.00000965. The standard InChI is InChI=1S/C70H51N4O.Pt/c1-70(2,3)53-40-41-71-67(44-53)74-63-35-17-16-32-59(63)60-39-38-56(46-66(60)74)75-55-31-20-30-54(45-55)72-47-73(65-37-19-18-36-64(65)72)69-61(50-26-12-6-13-27-50)42-52(43-62(69)51-28-14-7-15-29-51)68-57(48-22-8-4-9-23-48)33-21-34-58(68)49-24-10-5-11-25-49;/h4-44,47H,1-3H3;/q-3;/i4D,5D,6D,7D,8D,9D,10D,11D,12D,13D,14D,15D,21D,22D,23D,24D,25D,26D,27D,28D,29D,33D,34D,42D,43D;. The second-order valence-corrected chi connectivity index (χ2v) is 18.2. The van der Waals surface area contributed by atoms with E-state index >= 15 is 0 Å². The van der Waals surface area contributed by atoms with Crippen LogP contribution in [0.5, 0.6) is 11.5 Å². The number of aromatic nitrogens is 2. The van der Waals surface area contributed by atoms with E-state index in [1.165, 1.54) is 11.6 Å². The molecule has 0 aliphatic carbocycles. The third-order valence-corrected chi connectivity index (χ3v) is 12.6. The molecule has 10 aromatic carbocycles. The van der Waals surface area contributed by atoms with Crippen molar-refractivity contribution in [2.24, 2.45) is 0 Å². The van der Waals surface area contributed by atoms with Crippen molar-refractivity contribution in [3.8, 4) is 73.0 Å². The van der Waals surface area contributed by atoms with Gasteiger partial charge in [0, 0.05) is 72.5 Å². The van der Waals surface area contributed by atoms with E-state index in [1.54, 1.807) is 59.6 Å². The summed E-state index contributed by atoms with van der Waals surface area (Å²) in [5, 5.41) is 1.79. The number of hydrogen-bond acceptors (Lipinski definition) is 4. The number of ether oxygens (including phenoxy) is 1. The second-order valence-electron chi connectivity index (χ2n) is 18.2. The summed E-state index contributed by atoms with van der Waals surface area (Å²) in [6, 6.07) is 7.56. The molecule has 0 spiro atoms. The molecule has 5 nitrogen and oxygen atoms in total. The van der Waals surface area contributed by atoms with Gasteiger partial charge in [-0.1, -0.05) is 196 Å². The molecule has 12 aromatic rings. The predicted molar refractivity (Wildman–Crippen MR) is 310 cm³/mol. The van der Waals surface area contributed by atoms with Crippen molar-refractivity contribution in [3.05, 3.63) is 273 Å². The molecule has 0 fully saturated rings. The van der Waals surface area contributed by atoms with E-state index in [0.29, 0.717) is 11.3 Å². The molecule has 76 heavy (non-hydrogen) atoms. The van der Waals surface area contributed by atoms with E-state index in [4.69, 9.17) is 26.2 Å². The summed E-state index contributed by atoms with van der Waals surface area (Å²) in [7, 11) is 0. The van der Waals surface area contributed by atoms with Gasteiger partial charge in [0.05, 0.1) is 34.3 Å². The molecule has 2 aromatic heterocycles. The first-order valence-electron chi connectivity index (χ1n) is 36.0. The Labute approximate surface area is 494 Å². The zero-order valence-corrected chi connectivity index (χ0v) is 42.6. The van der Waals surface area contributed by atoms with Crippen LogP contribution in [-0.4, -0.2) is 9.55 Å². The summed E-state index contributed by atoms with van der Waals surface area (Å²) >= 11 is 0. The van der Waals surface area contributed by atoms with E-state index in [-0.39, 0.29) is 55.0 Å². The van der Waals surface area contributed by atoms with E-state index in [1.807, 2.05) is 47.0 Å². The Morgan fingerprint density at radius 1 is 0.513 bits per heavy atom. The Morgan fingerprint density at radius 3 is 1.67 bits per heavy atom. The normalized spacial score (nSPS) is 16.8. The number of para-hydroxylation sites is 3. The van der Waals surface area contributed by atoms with Crippen LogP contribution in [0, 0.1) is 18.8 Å². The second kappa shape index (κ2) is 20.2. The monoisotopic (exact) mass is 1180 g/mol. The molecule has 0 N–H and O–H groups in total. The van der Waals surface area contributed by atoms with Crippen LogP contribution in [0.25, 0.3) is 83.3 Å². The molecular weight excluding hydrogens is 1110 g/mol. The Bertz CT molecular complexity index is 5290. The van der Waals surface area contributed by atoms with E-state index in [9.17, 15) is 17.8 Å². The summed E-state index contributed by atoms with van der Waals surface area (Å²) in [6.07, 6.45) is 1.76. The average Bonchev–Trinajstić information content (AvgIpc) is 1.44. The van der Waals surface area contributed by atoms with Gasteiger partial charge in [-0.2, -0.15) is 12.1 Å². The summed E-state index contributed by atoms with van der Waals surface area (Å²) in [5.74, 6) is 1.05. The number of rotatable bonds is 10. The van der Waals surface area contributed by atoms with Gasteiger partial charge in [0.1, 0.15) is 5.82 Å². The smallest absolute Gasteiger partial charge is 0.135 e. The fourth-order valence-corrected chi connectivity index (χ4v) is 9.20. The minimum atomic E-state index is -1.15. The first kappa shape index (κ1) is 27.7. The maximum absolute atomic E-state index is 10.8. The van der Waals surface area contributed by atoms with Crippen LogP contribution in [0.4, 0.5) is 22.7 Å². The molecule has 370 valence electrons. The van der Waals surface area contributed by atoms with Crippen molar-refractivity contribution in [3.63, 3.8) is 0 Å². The first-order valence-corrected chi connectivity index (χ1v) is 23.5. The Morgan fingerprint density at radius 2 is 1.07 bits per heavy atom. The minimum Gasteiger partial charge on any atom is -0.509 e. The molecule has 0 radical (unpaired) electrons. The number of anilines is 4. The zero-order valence-electron chi connectivity index (χ0n) is 65.3. The molecule has 3 heterocycles. The third-order valence-electron chi connectivity index (χ3n) is 12.6. The van der Waals surface area contributed by atoms with Crippen LogP contribution in [0.1, 0.15) is 60.6 Å². The maximum Gasteiger partial charge on any atom is 0.135 e. The number of hydrogen-bond donors (Lipinski definition) is 0. The van der Waals surface area contributed by atoms with Crippen molar-refractivity contribution in [2.45, 2.75) is 26.2 Å². The van der Waals surface area contributed by atoms with Gasteiger partial charge in [-0.3, -0.25) is 0 Å². The number of nitrogens with zero attached hydrogens (tertiary/aromatic N) is 4. The van der Waals surface area contributed by atoms with Gasteiger partial charge in [0.25, 0.3) is 0 Å². The van der Waals surface area contributed by atoms with Gasteiger partial charge in [-0.25, -0.2) is 4.98 Å². The topological polar surface area (TPSA) is 33.5 Å². The van der Waals surface area contributed by atoms with Gasteiger partial charge in [0.2, 0.25) is 0 Å². The van der Waals surface area contributed by atoms with Crippen molar-refractivity contribution in [1.29, 1.82) is 0 Å². The molecule has 0 amide bonds. The molecule has 0 saturated heterocycles. The van der Waals surface area contributed by atoms with Crippen molar-refractivity contribution in [1.82, 2.24) is 9.55 Å². The Hall–Kier alpha value is -8.76. The van der Waals surface area contributed by atoms with Crippen LogP contribution in [0.3, 0.4) is 0 Å². The van der Waals surface area contributed by atoms with Crippen LogP contribution < -0.4 is 14.5 Å². The Kier molecular flexibility index (Phi) is 7.34. The predicted octanol–water partition coefficient (Wildman–Crippen LogP) is 18.6. The molecule has 1 aliphatic rings. The van der Waals surface area contributed by atoms with Crippen molar-refractivity contribution >= 4 is 44.6 Å². The van der Waals surface area contributed by atoms with Crippen LogP contribution in [-0.2, 0) is 26.5 Å². The van der Waals surface area contributed by atoms with Crippen LogP contribution in [0.15, 0.2) is 248 Å². The van der Waals surface area contributed by atoms with Gasteiger partial charge in [-0.05, 0) is 103 Å². The van der Waals surface area contributed by atoms with Gasteiger partial charge in [-0.15, -0.1) is 48.1 Å². The van der Waals surface area contributed by atoms with Gasteiger partial charge < -0.3 is 19.1 Å².